The molecule has 1 rings (SSSR count). The molecule has 0 amide bonds. The van der Waals surface area contributed by atoms with Gasteiger partial charge in [0.2, 0.25) is 0 Å². The molecule has 0 heterocycles. The molecule has 8 heavy (non-hydrogen) atoms. The van der Waals surface area contributed by atoms with Crippen LogP contribution in [-0.2, 0) is 0 Å². The van der Waals surface area contributed by atoms with Crippen molar-refractivity contribution in [2.45, 2.75) is 17.3 Å². The van der Waals surface area contributed by atoms with Crippen LogP contribution in [0.4, 0.5) is 0 Å². The van der Waals surface area contributed by atoms with Crippen molar-refractivity contribution in [3.63, 3.8) is 0 Å². The molecule has 0 aliphatic heterocycles. The predicted molar refractivity (Wildman–Crippen MR) is 31.5 cm³/mol. The minimum atomic E-state index is 0.553. The molecule has 0 spiro atoms. The SMILES string of the molecule is CC[I-]C1CC1CN. The van der Waals surface area contributed by atoms with E-state index in [1.165, 1.54) is 10.8 Å². The molecule has 0 aromatic rings. The summed E-state index contributed by atoms with van der Waals surface area (Å²) in [6, 6.07) is 0. The van der Waals surface area contributed by atoms with E-state index in [1.807, 2.05) is 0 Å². The van der Waals surface area contributed by atoms with Crippen molar-refractivity contribution < 1.29 is 21.2 Å². The van der Waals surface area contributed by atoms with E-state index in [1.54, 1.807) is 0 Å². The Hall–Kier alpha value is 0.690. The summed E-state index contributed by atoms with van der Waals surface area (Å²) in [5.41, 5.74) is 5.47. The van der Waals surface area contributed by atoms with Crippen LogP contribution in [0.25, 0.3) is 0 Å². The molecule has 2 N–H and O–H groups in total. The van der Waals surface area contributed by atoms with Crippen LogP contribution >= 0.6 is 0 Å². The molecule has 2 unspecified atom stereocenters. The van der Waals surface area contributed by atoms with E-state index < -0.39 is 0 Å². The van der Waals surface area contributed by atoms with Crippen LogP contribution in [0.1, 0.15) is 13.3 Å². The van der Waals surface area contributed by atoms with E-state index in [0.29, 0.717) is 21.2 Å². The zero-order valence-corrected chi connectivity index (χ0v) is 7.39. The molecule has 0 saturated heterocycles. The van der Waals surface area contributed by atoms with E-state index in [4.69, 9.17) is 5.73 Å². The van der Waals surface area contributed by atoms with Crippen molar-refractivity contribution in [2.75, 3.05) is 11.0 Å². The first kappa shape index (κ1) is 6.81. The monoisotopic (exact) mass is 226 g/mol. The van der Waals surface area contributed by atoms with Gasteiger partial charge < -0.3 is 0 Å². The summed E-state index contributed by atoms with van der Waals surface area (Å²) in [6.45, 7) is 3.24. The Kier molecular flexibility index (Phi) is 2.56. The zero-order chi connectivity index (χ0) is 5.98. The summed E-state index contributed by atoms with van der Waals surface area (Å²) in [6.07, 6.45) is 1.46. The molecule has 1 fully saturated rings. The molecule has 2 atom stereocenters. The Morgan fingerprint density at radius 3 is 2.88 bits per heavy atom. The zero-order valence-electron chi connectivity index (χ0n) is 5.23. The number of nitrogens with two attached hydrogens (primary N) is 1. The third kappa shape index (κ3) is 1.58. The summed E-state index contributed by atoms with van der Waals surface area (Å²) in [5.74, 6) is 0.947. The maximum absolute atomic E-state index is 5.47. The van der Waals surface area contributed by atoms with E-state index in [9.17, 15) is 0 Å². The number of hydrogen-bond donors (Lipinski definition) is 1. The maximum atomic E-state index is 5.47. The Labute approximate surface area is 61.3 Å². The van der Waals surface area contributed by atoms with Crippen molar-refractivity contribution in [2.24, 2.45) is 11.7 Å². The Morgan fingerprint density at radius 1 is 1.75 bits per heavy atom. The quantitative estimate of drug-likeness (QED) is 0.416. The first-order chi connectivity index (χ1) is 3.88. The van der Waals surface area contributed by atoms with Crippen LogP contribution in [0.2, 0.25) is 0 Å². The third-order valence-electron chi connectivity index (χ3n) is 1.49. The second-order valence-electron chi connectivity index (χ2n) is 2.17. The second-order valence-corrected chi connectivity index (χ2v) is 6.18. The molecule has 2 heteroatoms. The second kappa shape index (κ2) is 3.01. The van der Waals surface area contributed by atoms with Gasteiger partial charge in [-0.1, -0.05) is 0 Å². The molecule has 0 aromatic heterocycles. The normalized spacial score (nSPS) is 35.8. The molecule has 1 aliphatic carbocycles. The average molecular weight is 226 g/mol. The summed E-state index contributed by atoms with van der Waals surface area (Å²) < 4.78 is 2.56. The number of rotatable bonds is 3. The van der Waals surface area contributed by atoms with Gasteiger partial charge in [0.05, 0.1) is 0 Å². The Morgan fingerprint density at radius 2 is 2.50 bits per heavy atom. The molecule has 1 saturated carbocycles. The van der Waals surface area contributed by atoms with Crippen molar-refractivity contribution in [1.82, 2.24) is 0 Å². The first-order valence-corrected chi connectivity index (χ1v) is 5.93. The van der Waals surface area contributed by atoms with E-state index in [2.05, 4.69) is 6.92 Å². The van der Waals surface area contributed by atoms with Gasteiger partial charge in [0, 0.05) is 0 Å². The molecule has 0 aromatic carbocycles. The molecule has 0 radical (unpaired) electrons. The van der Waals surface area contributed by atoms with Gasteiger partial charge in [0.25, 0.3) is 0 Å². The number of hydrogen-bond acceptors (Lipinski definition) is 1. The van der Waals surface area contributed by atoms with Crippen LogP contribution < -0.4 is 26.9 Å². The standard InChI is InChI=1S/C6H13IN/c1-2-7-6-3-5(6)4-8/h5-6H,2-4,8H2,1H3/q-1. The van der Waals surface area contributed by atoms with Gasteiger partial charge in [-0.3, -0.25) is 0 Å². The molecular formula is C6H13IN-. The number of halogens is 1. The minimum absolute atomic E-state index is 0.553. The van der Waals surface area contributed by atoms with Crippen molar-refractivity contribution >= 4 is 0 Å². The van der Waals surface area contributed by atoms with Crippen LogP contribution in [0.3, 0.4) is 0 Å². The van der Waals surface area contributed by atoms with E-state index in [-0.39, 0.29) is 0 Å². The summed E-state index contributed by atoms with van der Waals surface area (Å²) >= 11 is 0.553. The van der Waals surface area contributed by atoms with Crippen LogP contribution in [0.15, 0.2) is 0 Å². The van der Waals surface area contributed by atoms with Gasteiger partial charge in [0.15, 0.2) is 0 Å². The van der Waals surface area contributed by atoms with Gasteiger partial charge in [-0.2, -0.15) is 0 Å². The molecule has 50 valence electrons. The predicted octanol–water partition coefficient (Wildman–Crippen LogP) is -2.56. The van der Waals surface area contributed by atoms with E-state index >= 15 is 0 Å². The van der Waals surface area contributed by atoms with Crippen molar-refractivity contribution in [1.29, 1.82) is 0 Å². The Bertz CT molecular complexity index is 74.9. The van der Waals surface area contributed by atoms with Gasteiger partial charge >= 0.3 is 61.1 Å². The topological polar surface area (TPSA) is 26.0 Å². The molecular weight excluding hydrogens is 213 g/mol. The molecule has 1 aliphatic rings. The summed E-state index contributed by atoms with van der Waals surface area (Å²) in [7, 11) is 0. The summed E-state index contributed by atoms with van der Waals surface area (Å²) in [5, 5.41) is 0. The fourth-order valence-electron chi connectivity index (χ4n) is 0.842. The summed E-state index contributed by atoms with van der Waals surface area (Å²) in [4.78, 5) is 0. The Balaban J connectivity index is 1.99. The van der Waals surface area contributed by atoms with Gasteiger partial charge in [-0.25, -0.2) is 0 Å². The van der Waals surface area contributed by atoms with Crippen molar-refractivity contribution in [3.8, 4) is 0 Å². The van der Waals surface area contributed by atoms with Gasteiger partial charge in [-0.05, 0) is 0 Å². The van der Waals surface area contributed by atoms with Gasteiger partial charge in [-0.15, -0.1) is 0 Å². The van der Waals surface area contributed by atoms with E-state index in [0.717, 1.165) is 16.4 Å². The van der Waals surface area contributed by atoms with Crippen LogP contribution in [-0.4, -0.2) is 14.9 Å². The fraction of sp³-hybridized carbons (Fsp3) is 1.00. The first-order valence-electron chi connectivity index (χ1n) is 3.16. The number of alkyl halides is 2. The third-order valence-corrected chi connectivity index (χ3v) is 5.03. The average Bonchev–Trinajstić information content (AvgIpc) is 2.48. The molecule has 0 bridgehead atoms. The fourth-order valence-corrected chi connectivity index (χ4v) is 4.00. The van der Waals surface area contributed by atoms with Crippen LogP contribution in [0, 0.1) is 5.92 Å². The van der Waals surface area contributed by atoms with Gasteiger partial charge in [0.1, 0.15) is 0 Å². The molecule has 1 nitrogen and oxygen atoms in total. The van der Waals surface area contributed by atoms with Crippen molar-refractivity contribution in [3.05, 3.63) is 0 Å². The van der Waals surface area contributed by atoms with Crippen LogP contribution in [0.5, 0.6) is 0 Å².